The summed E-state index contributed by atoms with van der Waals surface area (Å²) in [5.41, 5.74) is -1.14. The standard InChI is InChI=1S/C17H20F2N4O5/c1-17(10-4-6-11(7-5-10)28-15(18)19)14(26)23(16(27)21-17)9-12(24)20-8-13(25)22(2)3/h4-7,15H,8-9H2,1-3H3,(H,20,24)(H,21,27)/t17-/m0/s1. The van der Waals surface area contributed by atoms with Crippen LogP contribution in [0.25, 0.3) is 0 Å². The molecule has 0 aliphatic carbocycles. The van der Waals surface area contributed by atoms with Crippen LogP contribution in [0.15, 0.2) is 24.3 Å². The quantitative estimate of drug-likeness (QED) is 0.641. The third-order valence-electron chi connectivity index (χ3n) is 4.17. The number of benzene rings is 1. The Kier molecular flexibility index (Phi) is 6.16. The minimum atomic E-state index is -2.98. The second-order valence-corrected chi connectivity index (χ2v) is 6.41. The van der Waals surface area contributed by atoms with Crippen molar-refractivity contribution in [1.29, 1.82) is 0 Å². The summed E-state index contributed by atoms with van der Waals surface area (Å²) in [4.78, 5) is 50.4. The van der Waals surface area contributed by atoms with Gasteiger partial charge in [0.2, 0.25) is 11.8 Å². The molecule has 0 aromatic heterocycles. The highest BCUT2D eigenvalue weighted by atomic mass is 19.3. The lowest BCUT2D eigenvalue weighted by molar-refractivity contribution is -0.135. The lowest BCUT2D eigenvalue weighted by Gasteiger charge is -2.22. The molecule has 28 heavy (non-hydrogen) atoms. The van der Waals surface area contributed by atoms with Crippen molar-refractivity contribution >= 4 is 23.8 Å². The Hall–Kier alpha value is -3.24. The Morgan fingerprint density at radius 1 is 1.25 bits per heavy atom. The summed E-state index contributed by atoms with van der Waals surface area (Å²) in [7, 11) is 3.05. The van der Waals surface area contributed by atoms with Crippen LogP contribution in [0.5, 0.6) is 5.75 Å². The number of nitrogens with one attached hydrogen (secondary N) is 2. The number of amides is 5. The van der Waals surface area contributed by atoms with Gasteiger partial charge in [0.15, 0.2) is 0 Å². The first-order chi connectivity index (χ1) is 13.0. The summed E-state index contributed by atoms with van der Waals surface area (Å²) in [6, 6.07) is 4.45. The number of ether oxygens (including phenoxy) is 1. The molecule has 0 radical (unpaired) electrons. The number of rotatable bonds is 7. The van der Waals surface area contributed by atoms with Gasteiger partial charge in [-0.3, -0.25) is 19.3 Å². The maximum atomic E-state index is 12.7. The second kappa shape index (κ2) is 8.19. The predicted octanol–water partition coefficient (Wildman–Crippen LogP) is 0.259. The van der Waals surface area contributed by atoms with Crippen molar-refractivity contribution in [2.24, 2.45) is 0 Å². The zero-order valence-electron chi connectivity index (χ0n) is 15.5. The van der Waals surface area contributed by atoms with Crippen molar-refractivity contribution in [3.63, 3.8) is 0 Å². The third kappa shape index (κ3) is 4.53. The molecule has 1 atom stereocenters. The Morgan fingerprint density at radius 2 is 1.86 bits per heavy atom. The summed E-state index contributed by atoms with van der Waals surface area (Å²) in [5, 5.41) is 4.82. The summed E-state index contributed by atoms with van der Waals surface area (Å²) in [6.45, 7) is -2.38. The molecule has 1 aliphatic rings. The van der Waals surface area contributed by atoms with Gasteiger partial charge in [0.25, 0.3) is 5.91 Å². The number of nitrogens with zero attached hydrogens (tertiary/aromatic N) is 2. The number of imide groups is 1. The van der Waals surface area contributed by atoms with Crippen LogP contribution in [0, 0.1) is 0 Å². The number of carbonyl (C=O) groups excluding carboxylic acids is 4. The van der Waals surface area contributed by atoms with Crippen LogP contribution in [0.4, 0.5) is 13.6 Å². The Morgan fingerprint density at radius 3 is 2.39 bits per heavy atom. The first-order valence-electron chi connectivity index (χ1n) is 8.21. The molecule has 11 heteroatoms. The summed E-state index contributed by atoms with van der Waals surface area (Å²) < 4.78 is 28.7. The number of hydrogen-bond donors (Lipinski definition) is 2. The molecule has 0 bridgehead atoms. The second-order valence-electron chi connectivity index (χ2n) is 6.41. The average Bonchev–Trinajstić information content (AvgIpc) is 2.83. The Bertz CT molecular complexity index is 784. The lowest BCUT2D eigenvalue weighted by atomic mass is 9.92. The normalized spacial score (nSPS) is 18.9. The largest absolute Gasteiger partial charge is 0.435 e. The van der Waals surface area contributed by atoms with Gasteiger partial charge in [0.1, 0.15) is 17.8 Å². The molecule has 1 fully saturated rings. The van der Waals surface area contributed by atoms with E-state index in [0.29, 0.717) is 5.56 Å². The zero-order valence-corrected chi connectivity index (χ0v) is 15.5. The van der Waals surface area contributed by atoms with Crippen LogP contribution in [0.2, 0.25) is 0 Å². The zero-order chi connectivity index (χ0) is 21.1. The topological polar surface area (TPSA) is 108 Å². The first-order valence-corrected chi connectivity index (χ1v) is 8.21. The fraction of sp³-hybridized carbons (Fsp3) is 0.412. The van der Waals surface area contributed by atoms with Crippen LogP contribution in [-0.2, 0) is 19.9 Å². The number of urea groups is 1. The highest BCUT2D eigenvalue weighted by Crippen LogP contribution is 2.30. The molecule has 0 unspecified atom stereocenters. The van der Waals surface area contributed by atoms with Crippen LogP contribution in [-0.4, -0.2) is 67.3 Å². The summed E-state index contributed by atoms with van der Waals surface area (Å²) in [5.74, 6) is -1.81. The maximum absolute atomic E-state index is 12.7. The van der Waals surface area contributed by atoms with E-state index in [1.807, 2.05) is 0 Å². The molecule has 2 rings (SSSR count). The van der Waals surface area contributed by atoms with E-state index < -0.39 is 36.5 Å². The van der Waals surface area contributed by atoms with Gasteiger partial charge in [0, 0.05) is 14.1 Å². The Labute approximate surface area is 159 Å². The van der Waals surface area contributed by atoms with Crippen LogP contribution >= 0.6 is 0 Å². The van der Waals surface area contributed by atoms with Crippen LogP contribution < -0.4 is 15.4 Å². The molecule has 152 valence electrons. The van der Waals surface area contributed by atoms with Crippen molar-refractivity contribution in [3.8, 4) is 5.75 Å². The Balaban J connectivity index is 2.07. The van der Waals surface area contributed by atoms with E-state index >= 15 is 0 Å². The monoisotopic (exact) mass is 398 g/mol. The van der Waals surface area contributed by atoms with Gasteiger partial charge in [-0.1, -0.05) is 12.1 Å². The fourth-order valence-corrected chi connectivity index (χ4v) is 2.54. The molecule has 1 aromatic rings. The molecule has 1 saturated heterocycles. The molecular weight excluding hydrogens is 378 g/mol. The van der Waals surface area contributed by atoms with Crippen molar-refractivity contribution in [1.82, 2.24) is 20.4 Å². The molecule has 1 aliphatic heterocycles. The number of likely N-dealkylation sites (N-methyl/N-ethyl adjacent to an activating group) is 1. The van der Waals surface area contributed by atoms with E-state index in [2.05, 4.69) is 15.4 Å². The molecular formula is C17H20F2N4O5. The van der Waals surface area contributed by atoms with Gasteiger partial charge in [-0.25, -0.2) is 4.79 Å². The minimum Gasteiger partial charge on any atom is -0.435 e. The van der Waals surface area contributed by atoms with Crippen molar-refractivity contribution in [3.05, 3.63) is 29.8 Å². The number of alkyl halides is 2. The third-order valence-corrected chi connectivity index (χ3v) is 4.17. The highest BCUT2D eigenvalue weighted by molar-refractivity contribution is 6.09. The molecule has 1 aromatic carbocycles. The van der Waals surface area contributed by atoms with Crippen LogP contribution in [0.3, 0.4) is 0 Å². The fourth-order valence-electron chi connectivity index (χ4n) is 2.54. The van der Waals surface area contributed by atoms with Gasteiger partial charge in [-0.2, -0.15) is 8.78 Å². The van der Waals surface area contributed by atoms with E-state index in [4.69, 9.17) is 0 Å². The molecule has 0 saturated carbocycles. The SMILES string of the molecule is CN(C)C(=O)CNC(=O)CN1C(=O)N[C@@](C)(c2ccc(OC(F)F)cc2)C1=O. The van der Waals surface area contributed by atoms with E-state index in [0.717, 1.165) is 4.90 Å². The smallest absolute Gasteiger partial charge is 0.387 e. The summed E-state index contributed by atoms with van der Waals surface area (Å²) in [6.07, 6.45) is 0. The van der Waals surface area contributed by atoms with Crippen LogP contribution in [0.1, 0.15) is 12.5 Å². The molecule has 1 heterocycles. The van der Waals surface area contributed by atoms with Crippen molar-refractivity contribution in [2.45, 2.75) is 19.1 Å². The average molecular weight is 398 g/mol. The van der Waals surface area contributed by atoms with Gasteiger partial charge in [0.05, 0.1) is 6.54 Å². The molecule has 9 nitrogen and oxygen atoms in total. The number of halogens is 2. The van der Waals surface area contributed by atoms with E-state index in [9.17, 15) is 28.0 Å². The highest BCUT2D eigenvalue weighted by Gasteiger charge is 2.49. The summed E-state index contributed by atoms with van der Waals surface area (Å²) >= 11 is 0. The lowest BCUT2D eigenvalue weighted by Crippen LogP contribution is -2.45. The first kappa shape index (κ1) is 21.1. The maximum Gasteiger partial charge on any atom is 0.387 e. The predicted molar refractivity (Wildman–Crippen MR) is 92.4 cm³/mol. The minimum absolute atomic E-state index is 0.0964. The van der Waals surface area contributed by atoms with E-state index in [1.54, 1.807) is 0 Å². The molecule has 5 amide bonds. The van der Waals surface area contributed by atoms with Crippen molar-refractivity contribution < 1.29 is 32.7 Å². The van der Waals surface area contributed by atoms with Gasteiger partial charge in [-0.05, 0) is 24.6 Å². The van der Waals surface area contributed by atoms with E-state index in [1.165, 1.54) is 50.2 Å². The van der Waals surface area contributed by atoms with Gasteiger partial charge in [-0.15, -0.1) is 0 Å². The van der Waals surface area contributed by atoms with Crippen molar-refractivity contribution in [2.75, 3.05) is 27.2 Å². The molecule has 0 spiro atoms. The van der Waals surface area contributed by atoms with E-state index in [-0.39, 0.29) is 18.2 Å². The number of hydrogen-bond acceptors (Lipinski definition) is 5. The van der Waals surface area contributed by atoms with Gasteiger partial charge < -0.3 is 20.3 Å². The molecule has 2 N–H and O–H groups in total. The number of carbonyl (C=O) groups is 4. The van der Waals surface area contributed by atoms with Gasteiger partial charge >= 0.3 is 12.6 Å².